The van der Waals surface area contributed by atoms with Crippen LogP contribution in [-0.4, -0.2) is 64.3 Å². The molecule has 0 radical (unpaired) electrons. The Morgan fingerprint density at radius 1 is 0.977 bits per heavy atom. The molecule has 0 aromatic carbocycles. The quantitative estimate of drug-likeness (QED) is 0.175. The van der Waals surface area contributed by atoms with Gasteiger partial charge in [-0.3, -0.25) is 0 Å². The van der Waals surface area contributed by atoms with Gasteiger partial charge in [0.15, 0.2) is 8.32 Å². The summed E-state index contributed by atoms with van der Waals surface area (Å²) in [5, 5.41) is 10.3. The molecular weight excluding hydrogens is 552 g/mol. The second-order valence-corrected chi connectivity index (χ2v) is 21.1. The number of rotatable bonds is 12. The summed E-state index contributed by atoms with van der Waals surface area (Å²) in [7, 11) is -0.164. The van der Waals surface area contributed by atoms with E-state index in [1.165, 1.54) is 24.8 Å². The lowest BCUT2D eigenvalue weighted by Crippen LogP contribution is -2.43. The van der Waals surface area contributed by atoms with Crippen molar-refractivity contribution < 1.29 is 23.7 Å². The molecule has 0 aromatic heterocycles. The van der Waals surface area contributed by atoms with Crippen LogP contribution in [0.1, 0.15) is 101 Å². The predicted molar refractivity (Wildman–Crippen MR) is 182 cm³/mol. The minimum absolute atomic E-state index is 0.0550. The molecule has 0 aromatic rings. The molecule has 0 amide bonds. The van der Waals surface area contributed by atoms with Gasteiger partial charge in [-0.25, -0.2) is 0 Å². The van der Waals surface area contributed by atoms with Gasteiger partial charge < -0.3 is 23.7 Å². The van der Waals surface area contributed by atoms with Crippen molar-refractivity contribution in [1.29, 1.82) is 0 Å². The predicted octanol–water partition coefficient (Wildman–Crippen LogP) is 8.82. The summed E-state index contributed by atoms with van der Waals surface area (Å²) in [4.78, 5) is 0. The van der Waals surface area contributed by atoms with Gasteiger partial charge in [0.1, 0.15) is 0 Å². The van der Waals surface area contributed by atoms with Crippen molar-refractivity contribution in [2.75, 3.05) is 20.3 Å². The van der Waals surface area contributed by atoms with E-state index in [1.54, 1.807) is 7.11 Å². The van der Waals surface area contributed by atoms with Crippen LogP contribution >= 0.6 is 0 Å². The van der Waals surface area contributed by atoms with Gasteiger partial charge >= 0.3 is 0 Å². The molecule has 43 heavy (non-hydrogen) atoms. The van der Waals surface area contributed by atoms with Gasteiger partial charge in [0.05, 0.1) is 37.1 Å². The van der Waals surface area contributed by atoms with E-state index < -0.39 is 8.32 Å². The number of aliphatic hydroxyl groups is 1. The molecule has 6 heteroatoms. The van der Waals surface area contributed by atoms with Crippen LogP contribution in [-0.2, 0) is 18.6 Å². The van der Waals surface area contributed by atoms with Gasteiger partial charge in [0, 0.05) is 19.6 Å². The summed E-state index contributed by atoms with van der Waals surface area (Å²) >= 11 is 0. The Hall–Kier alpha value is -0.503. The standard InChI is InChI=1S/C37H68O5Si/c1-24-14-13-15-30(34(24)28(5)22-38)21-31(23-40-43(11,12)37(7,8)9)36-26(3)17-19-32(41-36)18-16-25(2)35-27(4)20-33(42-35)29(6)39-10/h16,18,21,24-30,32-36,38H,13-15,17,19-20,22-23H2,1-12H3/b18-16+,31-21+/t24-,25+,26-,27+,28+,29+,30-,32-,33-,34-,35+,36-/m1/s1. The topological polar surface area (TPSA) is 57.2 Å². The maximum Gasteiger partial charge on any atom is 0.192 e. The van der Waals surface area contributed by atoms with Crippen molar-refractivity contribution in [2.45, 2.75) is 149 Å². The minimum atomic E-state index is -1.94. The second kappa shape index (κ2) is 15.9. The van der Waals surface area contributed by atoms with E-state index in [0.717, 1.165) is 19.3 Å². The maximum absolute atomic E-state index is 10.1. The summed E-state index contributed by atoms with van der Waals surface area (Å²) in [6, 6.07) is 0. The Labute approximate surface area is 266 Å². The number of ether oxygens (including phenoxy) is 3. The first-order chi connectivity index (χ1) is 20.1. The number of hydrogen-bond acceptors (Lipinski definition) is 5. The van der Waals surface area contributed by atoms with Crippen molar-refractivity contribution in [1.82, 2.24) is 0 Å². The first kappa shape index (κ1) is 37.0. The first-order valence-corrected chi connectivity index (χ1v) is 20.5. The van der Waals surface area contributed by atoms with Crippen LogP contribution in [0.5, 0.6) is 0 Å². The zero-order valence-electron chi connectivity index (χ0n) is 29.9. The van der Waals surface area contributed by atoms with Crippen LogP contribution < -0.4 is 0 Å². The van der Waals surface area contributed by atoms with Crippen molar-refractivity contribution in [3.63, 3.8) is 0 Å². The van der Waals surface area contributed by atoms with E-state index in [-0.39, 0.29) is 42.2 Å². The Kier molecular flexibility index (Phi) is 13.6. The number of hydrogen-bond donors (Lipinski definition) is 1. The summed E-state index contributed by atoms with van der Waals surface area (Å²) in [5.74, 6) is 3.15. The number of aliphatic hydroxyl groups excluding tert-OH is 1. The molecule has 2 heterocycles. The molecule has 1 aliphatic carbocycles. The fraction of sp³-hybridized carbons (Fsp3) is 0.892. The smallest absolute Gasteiger partial charge is 0.192 e. The van der Waals surface area contributed by atoms with E-state index in [0.29, 0.717) is 48.0 Å². The SMILES string of the molecule is CO[C@@H](C)[C@H]1C[C@H](C)[C@H]([C@@H](C)/C=C/[C@@H]2CC[C@@H](C)[C@H](/C(=C/[C@H]3CCC[C@@H](C)[C@@H]3[C@@H](C)CO)CO[Si](C)(C)C(C)(C)C)O2)O1. The first-order valence-electron chi connectivity index (χ1n) is 17.6. The molecule has 3 rings (SSSR count). The fourth-order valence-corrected chi connectivity index (χ4v) is 8.68. The van der Waals surface area contributed by atoms with Crippen LogP contribution in [0.3, 0.4) is 0 Å². The Balaban J connectivity index is 1.82. The molecule has 3 fully saturated rings. The molecular formula is C37H68O5Si. The summed E-state index contributed by atoms with van der Waals surface area (Å²) in [6.45, 7) is 26.2. The molecule has 0 bridgehead atoms. The molecule has 2 aliphatic heterocycles. The third-order valence-corrected chi connectivity index (χ3v) is 16.3. The highest BCUT2D eigenvalue weighted by atomic mass is 28.4. The molecule has 0 spiro atoms. The normalized spacial score (nSPS) is 37.0. The van der Waals surface area contributed by atoms with E-state index in [1.807, 2.05) is 0 Å². The second-order valence-electron chi connectivity index (χ2n) is 16.3. The summed E-state index contributed by atoms with van der Waals surface area (Å²) < 4.78 is 25.9. The molecule has 0 unspecified atom stereocenters. The van der Waals surface area contributed by atoms with Gasteiger partial charge in [-0.05, 0) is 91.8 Å². The molecule has 2 saturated heterocycles. The average Bonchev–Trinajstić information content (AvgIpc) is 3.35. The highest BCUT2D eigenvalue weighted by Gasteiger charge is 2.41. The third-order valence-electron chi connectivity index (χ3n) is 11.8. The molecule has 1 N–H and O–H groups in total. The van der Waals surface area contributed by atoms with Crippen LogP contribution in [0, 0.1) is 41.4 Å². The Morgan fingerprint density at radius 2 is 1.67 bits per heavy atom. The Morgan fingerprint density at radius 3 is 2.30 bits per heavy atom. The monoisotopic (exact) mass is 620 g/mol. The van der Waals surface area contributed by atoms with Crippen LogP contribution in [0.4, 0.5) is 0 Å². The van der Waals surface area contributed by atoms with E-state index in [2.05, 4.69) is 93.6 Å². The fourth-order valence-electron chi connectivity index (χ4n) is 7.72. The Bertz CT molecular complexity index is 905. The van der Waals surface area contributed by atoms with Crippen molar-refractivity contribution >= 4 is 8.32 Å². The lowest BCUT2D eigenvalue weighted by Gasteiger charge is -2.42. The minimum Gasteiger partial charge on any atom is -0.413 e. The lowest BCUT2D eigenvalue weighted by atomic mass is 9.67. The summed E-state index contributed by atoms with van der Waals surface area (Å²) in [5.41, 5.74) is 1.34. The van der Waals surface area contributed by atoms with E-state index in [9.17, 15) is 5.11 Å². The average molecular weight is 621 g/mol. The van der Waals surface area contributed by atoms with Crippen LogP contribution in [0.25, 0.3) is 0 Å². The molecule has 12 atom stereocenters. The van der Waals surface area contributed by atoms with Crippen molar-refractivity contribution in [3.8, 4) is 0 Å². The van der Waals surface area contributed by atoms with Gasteiger partial charge in [-0.2, -0.15) is 0 Å². The molecule has 1 saturated carbocycles. The van der Waals surface area contributed by atoms with Gasteiger partial charge in [0.25, 0.3) is 0 Å². The van der Waals surface area contributed by atoms with Gasteiger partial charge in [0.2, 0.25) is 0 Å². The lowest BCUT2D eigenvalue weighted by molar-refractivity contribution is -0.0566. The van der Waals surface area contributed by atoms with Gasteiger partial charge in [-0.15, -0.1) is 0 Å². The number of methoxy groups -OCH3 is 1. The van der Waals surface area contributed by atoms with Gasteiger partial charge in [-0.1, -0.05) is 86.5 Å². The maximum atomic E-state index is 10.1. The highest BCUT2D eigenvalue weighted by Crippen LogP contribution is 2.43. The molecule has 3 aliphatic rings. The molecule has 250 valence electrons. The van der Waals surface area contributed by atoms with Crippen LogP contribution in [0.2, 0.25) is 18.1 Å². The van der Waals surface area contributed by atoms with E-state index >= 15 is 0 Å². The number of allylic oxidation sites excluding steroid dienone is 1. The van der Waals surface area contributed by atoms with E-state index in [4.69, 9.17) is 18.6 Å². The molecule has 5 nitrogen and oxygen atoms in total. The largest absolute Gasteiger partial charge is 0.413 e. The van der Waals surface area contributed by atoms with Crippen molar-refractivity contribution in [2.24, 2.45) is 41.4 Å². The summed E-state index contributed by atoms with van der Waals surface area (Å²) in [6.07, 6.45) is 14.8. The zero-order valence-corrected chi connectivity index (χ0v) is 30.9. The van der Waals surface area contributed by atoms with Crippen LogP contribution in [0.15, 0.2) is 23.8 Å². The third kappa shape index (κ3) is 9.51. The zero-order chi connectivity index (χ0) is 32.1. The highest BCUT2D eigenvalue weighted by molar-refractivity contribution is 6.74. The van der Waals surface area contributed by atoms with Crippen molar-refractivity contribution in [3.05, 3.63) is 23.8 Å².